The first-order valence-electron chi connectivity index (χ1n) is 6.37. The Morgan fingerprint density at radius 2 is 2.06 bits per heavy atom. The van der Waals surface area contributed by atoms with E-state index in [-0.39, 0.29) is 0 Å². The summed E-state index contributed by atoms with van der Waals surface area (Å²) in [7, 11) is 0. The SMILES string of the molecule is Nc1ccccc1CSc1nc2c([nH]1)CCCC2. The molecule has 0 fully saturated rings. The standard InChI is InChI=1S/C14H17N3S/c15-11-6-2-1-5-10(11)9-18-14-16-12-7-3-4-8-13(12)17-14/h1-2,5-6H,3-4,7-9,15H2,(H,16,17). The molecule has 0 aliphatic heterocycles. The molecule has 0 saturated carbocycles. The first-order chi connectivity index (χ1) is 8.83. The number of thioether (sulfide) groups is 1. The van der Waals surface area contributed by atoms with Gasteiger partial charge in [0.25, 0.3) is 0 Å². The van der Waals surface area contributed by atoms with Crippen molar-refractivity contribution < 1.29 is 0 Å². The molecule has 1 aromatic heterocycles. The van der Waals surface area contributed by atoms with Crippen LogP contribution < -0.4 is 5.73 Å². The number of nitrogens with one attached hydrogen (secondary N) is 1. The molecule has 3 rings (SSSR count). The molecule has 0 saturated heterocycles. The number of nitrogens with two attached hydrogens (primary N) is 1. The van der Waals surface area contributed by atoms with E-state index in [9.17, 15) is 0 Å². The summed E-state index contributed by atoms with van der Waals surface area (Å²) in [5.74, 6) is 0.874. The summed E-state index contributed by atoms with van der Waals surface area (Å²) in [6.07, 6.45) is 4.83. The topological polar surface area (TPSA) is 54.7 Å². The van der Waals surface area contributed by atoms with Crippen LogP contribution in [-0.2, 0) is 18.6 Å². The van der Waals surface area contributed by atoms with Crippen molar-refractivity contribution in [2.45, 2.75) is 36.6 Å². The summed E-state index contributed by atoms with van der Waals surface area (Å²) in [4.78, 5) is 8.10. The molecule has 1 aromatic carbocycles. The van der Waals surface area contributed by atoms with E-state index in [0.717, 1.165) is 29.4 Å². The van der Waals surface area contributed by atoms with Crippen LogP contribution in [0.5, 0.6) is 0 Å². The Hall–Kier alpha value is -1.42. The third-order valence-electron chi connectivity index (χ3n) is 3.35. The molecule has 0 atom stereocenters. The average Bonchev–Trinajstić information content (AvgIpc) is 2.80. The van der Waals surface area contributed by atoms with E-state index in [1.165, 1.54) is 29.8 Å². The van der Waals surface area contributed by atoms with Crippen LogP contribution in [0.25, 0.3) is 0 Å². The number of anilines is 1. The molecule has 0 unspecified atom stereocenters. The zero-order valence-electron chi connectivity index (χ0n) is 10.3. The van der Waals surface area contributed by atoms with E-state index in [1.54, 1.807) is 11.8 Å². The van der Waals surface area contributed by atoms with Crippen LogP contribution in [0.3, 0.4) is 0 Å². The van der Waals surface area contributed by atoms with Crippen LogP contribution in [0.2, 0.25) is 0 Å². The van der Waals surface area contributed by atoms with Crippen molar-refractivity contribution in [3.63, 3.8) is 0 Å². The van der Waals surface area contributed by atoms with E-state index in [2.05, 4.69) is 16.0 Å². The monoisotopic (exact) mass is 259 g/mol. The minimum absolute atomic E-state index is 0.862. The quantitative estimate of drug-likeness (QED) is 0.657. The lowest BCUT2D eigenvalue weighted by Crippen LogP contribution is -2.00. The summed E-state index contributed by atoms with van der Waals surface area (Å²) in [6.45, 7) is 0. The number of fused-ring (bicyclic) bond motifs is 1. The highest BCUT2D eigenvalue weighted by molar-refractivity contribution is 7.98. The van der Waals surface area contributed by atoms with Crippen molar-refractivity contribution in [3.8, 4) is 0 Å². The Bertz CT molecular complexity index is 524. The molecule has 1 aliphatic rings. The number of imidazole rings is 1. The molecule has 0 amide bonds. The number of aryl methyl sites for hydroxylation is 2. The smallest absolute Gasteiger partial charge is 0.166 e. The van der Waals surface area contributed by atoms with Gasteiger partial charge in [-0.1, -0.05) is 30.0 Å². The summed E-state index contributed by atoms with van der Waals surface area (Å²) >= 11 is 1.73. The number of aromatic nitrogens is 2. The molecule has 18 heavy (non-hydrogen) atoms. The second-order valence-corrected chi connectivity index (χ2v) is 5.63. The summed E-state index contributed by atoms with van der Waals surface area (Å²) in [5.41, 5.74) is 10.6. The van der Waals surface area contributed by atoms with Gasteiger partial charge in [-0.25, -0.2) is 4.98 Å². The number of hydrogen-bond acceptors (Lipinski definition) is 3. The van der Waals surface area contributed by atoms with E-state index >= 15 is 0 Å². The second kappa shape index (κ2) is 5.06. The molecule has 0 spiro atoms. The van der Waals surface area contributed by atoms with Crippen LogP contribution in [0.1, 0.15) is 29.8 Å². The lowest BCUT2D eigenvalue weighted by atomic mass is 10.0. The lowest BCUT2D eigenvalue weighted by molar-refractivity contribution is 0.667. The van der Waals surface area contributed by atoms with Crippen molar-refractivity contribution in [1.82, 2.24) is 9.97 Å². The van der Waals surface area contributed by atoms with Crippen molar-refractivity contribution in [2.75, 3.05) is 5.73 Å². The Labute approximate surface area is 111 Å². The molecule has 0 radical (unpaired) electrons. The molecule has 94 valence electrons. The average molecular weight is 259 g/mol. The highest BCUT2D eigenvalue weighted by atomic mass is 32.2. The number of para-hydroxylation sites is 1. The van der Waals surface area contributed by atoms with Crippen molar-refractivity contribution in [3.05, 3.63) is 41.2 Å². The van der Waals surface area contributed by atoms with E-state index in [1.807, 2.05) is 18.2 Å². The van der Waals surface area contributed by atoms with Crippen LogP contribution in [-0.4, -0.2) is 9.97 Å². The van der Waals surface area contributed by atoms with Gasteiger partial charge in [0.15, 0.2) is 5.16 Å². The molecule has 1 aliphatic carbocycles. The highest BCUT2D eigenvalue weighted by Crippen LogP contribution is 2.27. The summed E-state index contributed by atoms with van der Waals surface area (Å²) in [6, 6.07) is 8.02. The Morgan fingerprint density at radius 1 is 1.22 bits per heavy atom. The molecular formula is C14H17N3S. The predicted molar refractivity (Wildman–Crippen MR) is 75.6 cm³/mol. The number of nitrogen functional groups attached to an aromatic ring is 1. The Kier molecular flexibility index (Phi) is 3.28. The van der Waals surface area contributed by atoms with Gasteiger partial charge in [0, 0.05) is 17.1 Å². The van der Waals surface area contributed by atoms with Crippen molar-refractivity contribution in [1.29, 1.82) is 0 Å². The largest absolute Gasteiger partial charge is 0.398 e. The Morgan fingerprint density at radius 3 is 2.89 bits per heavy atom. The lowest BCUT2D eigenvalue weighted by Gasteiger charge is -2.07. The minimum atomic E-state index is 0.862. The number of H-pyrrole nitrogens is 1. The maximum Gasteiger partial charge on any atom is 0.166 e. The second-order valence-electron chi connectivity index (χ2n) is 4.66. The minimum Gasteiger partial charge on any atom is -0.398 e. The third kappa shape index (κ3) is 2.38. The van der Waals surface area contributed by atoms with Gasteiger partial charge >= 0.3 is 0 Å². The van der Waals surface area contributed by atoms with Crippen LogP contribution >= 0.6 is 11.8 Å². The fourth-order valence-electron chi connectivity index (χ4n) is 2.31. The van der Waals surface area contributed by atoms with Gasteiger partial charge in [-0.3, -0.25) is 0 Å². The van der Waals surface area contributed by atoms with Crippen LogP contribution in [0, 0.1) is 0 Å². The number of nitrogens with zero attached hydrogens (tertiary/aromatic N) is 1. The zero-order chi connectivity index (χ0) is 12.4. The maximum atomic E-state index is 5.94. The maximum absolute atomic E-state index is 5.94. The fraction of sp³-hybridized carbons (Fsp3) is 0.357. The Balaban J connectivity index is 1.70. The number of rotatable bonds is 3. The zero-order valence-corrected chi connectivity index (χ0v) is 11.1. The molecule has 2 aromatic rings. The highest BCUT2D eigenvalue weighted by Gasteiger charge is 2.14. The van der Waals surface area contributed by atoms with Gasteiger partial charge in [-0.05, 0) is 37.3 Å². The van der Waals surface area contributed by atoms with E-state index in [4.69, 9.17) is 5.73 Å². The van der Waals surface area contributed by atoms with Gasteiger partial charge in [-0.2, -0.15) is 0 Å². The fourth-order valence-corrected chi connectivity index (χ4v) is 3.23. The first kappa shape index (κ1) is 11.7. The number of aromatic amines is 1. The molecule has 1 heterocycles. The van der Waals surface area contributed by atoms with Gasteiger partial charge in [0.2, 0.25) is 0 Å². The van der Waals surface area contributed by atoms with Crippen LogP contribution in [0.15, 0.2) is 29.4 Å². The summed E-state index contributed by atoms with van der Waals surface area (Å²) in [5, 5.41) is 1.03. The summed E-state index contributed by atoms with van der Waals surface area (Å²) < 4.78 is 0. The van der Waals surface area contributed by atoms with Crippen LogP contribution in [0.4, 0.5) is 5.69 Å². The molecule has 3 N–H and O–H groups in total. The molecule has 3 nitrogen and oxygen atoms in total. The molecule has 4 heteroatoms. The van der Waals surface area contributed by atoms with Crippen molar-refractivity contribution in [2.24, 2.45) is 0 Å². The third-order valence-corrected chi connectivity index (χ3v) is 4.27. The van der Waals surface area contributed by atoms with E-state index < -0.39 is 0 Å². The van der Waals surface area contributed by atoms with Gasteiger partial charge in [0.05, 0.1) is 5.69 Å². The van der Waals surface area contributed by atoms with E-state index in [0.29, 0.717) is 0 Å². The number of hydrogen-bond donors (Lipinski definition) is 2. The number of benzene rings is 1. The molecular weight excluding hydrogens is 242 g/mol. The van der Waals surface area contributed by atoms with Crippen molar-refractivity contribution >= 4 is 17.4 Å². The molecule has 0 bridgehead atoms. The van der Waals surface area contributed by atoms with Gasteiger partial charge in [-0.15, -0.1) is 0 Å². The van der Waals surface area contributed by atoms with Gasteiger partial charge in [0.1, 0.15) is 0 Å². The van der Waals surface area contributed by atoms with Gasteiger partial charge < -0.3 is 10.7 Å². The predicted octanol–water partition coefficient (Wildman–Crippen LogP) is 3.16. The first-order valence-corrected chi connectivity index (χ1v) is 7.35. The normalized spacial score (nSPS) is 14.4.